The van der Waals surface area contributed by atoms with Crippen LogP contribution in [0.1, 0.15) is 39.9 Å². The summed E-state index contributed by atoms with van der Waals surface area (Å²) in [6.45, 7) is 2.15. The quantitative estimate of drug-likeness (QED) is 0.544. The zero-order valence-electron chi connectivity index (χ0n) is 20.8. The van der Waals surface area contributed by atoms with E-state index in [1.807, 2.05) is 40.3 Å². The fraction of sp³-hybridized carbons (Fsp3) is 0.345. The van der Waals surface area contributed by atoms with Gasteiger partial charge in [0, 0.05) is 50.2 Å². The van der Waals surface area contributed by atoms with Gasteiger partial charge in [0.15, 0.2) is 0 Å². The fourth-order valence-corrected chi connectivity index (χ4v) is 5.42. The third kappa shape index (κ3) is 4.65. The molecule has 1 fully saturated rings. The summed E-state index contributed by atoms with van der Waals surface area (Å²) in [4.78, 5) is 35.5. The first-order chi connectivity index (χ1) is 17.5. The van der Waals surface area contributed by atoms with Crippen LogP contribution in [0.25, 0.3) is 0 Å². The van der Waals surface area contributed by atoms with E-state index in [0.717, 1.165) is 5.56 Å². The minimum Gasteiger partial charge on any atom is -0.497 e. The van der Waals surface area contributed by atoms with Gasteiger partial charge in [-0.05, 0) is 54.2 Å². The Morgan fingerprint density at radius 3 is 2.31 bits per heavy atom. The first-order valence-corrected chi connectivity index (χ1v) is 12.3. The third-order valence-electron chi connectivity index (χ3n) is 7.45. The van der Waals surface area contributed by atoms with E-state index in [4.69, 9.17) is 9.47 Å². The second-order valence-electron chi connectivity index (χ2n) is 9.64. The predicted octanol–water partition coefficient (Wildman–Crippen LogP) is 4.11. The van der Waals surface area contributed by atoms with Crippen molar-refractivity contribution in [3.63, 3.8) is 0 Å². The number of amides is 2. The summed E-state index contributed by atoms with van der Waals surface area (Å²) in [6, 6.07) is 17.5. The van der Waals surface area contributed by atoms with Crippen molar-refractivity contribution in [1.29, 1.82) is 0 Å². The number of benzene rings is 2. The number of ether oxygens (including phenoxy) is 2. The van der Waals surface area contributed by atoms with Crippen LogP contribution in [0.3, 0.4) is 0 Å². The van der Waals surface area contributed by atoms with Crippen LogP contribution in [-0.4, -0.2) is 53.9 Å². The predicted molar refractivity (Wildman–Crippen MR) is 136 cm³/mol. The Balaban J connectivity index is 1.39. The summed E-state index contributed by atoms with van der Waals surface area (Å²) in [6.07, 6.45) is 5.50. The molecule has 3 heterocycles. The molecule has 0 aliphatic carbocycles. The van der Waals surface area contributed by atoms with Gasteiger partial charge >= 0.3 is 0 Å². The van der Waals surface area contributed by atoms with Crippen LogP contribution >= 0.6 is 0 Å². The monoisotopic (exact) mass is 485 g/mol. The van der Waals surface area contributed by atoms with Crippen molar-refractivity contribution >= 4 is 11.8 Å². The van der Waals surface area contributed by atoms with Crippen molar-refractivity contribution in [2.24, 2.45) is 5.41 Å². The summed E-state index contributed by atoms with van der Waals surface area (Å²) in [5.74, 6) is 1.24. The maximum Gasteiger partial charge on any atom is 0.254 e. The molecule has 2 aromatic carbocycles. The topological polar surface area (TPSA) is 72.0 Å². The van der Waals surface area contributed by atoms with Crippen LogP contribution in [0.2, 0.25) is 0 Å². The van der Waals surface area contributed by atoms with Crippen LogP contribution in [-0.2, 0) is 24.3 Å². The average molecular weight is 486 g/mol. The van der Waals surface area contributed by atoms with Crippen molar-refractivity contribution in [2.75, 3.05) is 27.3 Å². The molecule has 3 aromatic rings. The number of piperidine rings is 1. The van der Waals surface area contributed by atoms with Crippen molar-refractivity contribution in [2.45, 2.75) is 32.4 Å². The van der Waals surface area contributed by atoms with E-state index in [9.17, 15) is 9.59 Å². The molecule has 0 radical (unpaired) electrons. The largest absolute Gasteiger partial charge is 0.497 e. The van der Waals surface area contributed by atoms with Gasteiger partial charge in [-0.1, -0.05) is 30.3 Å². The minimum absolute atomic E-state index is 0.0734. The molecule has 0 atom stereocenters. The van der Waals surface area contributed by atoms with Crippen LogP contribution in [0.5, 0.6) is 11.5 Å². The molecule has 0 saturated carbocycles. The van der Waals surface area contributed by atoms with E-state index < -0.39 is 5.41 Å². The summed E-state index contributed by atoms with van der Waals surface area (Å²) in [7, 11) is 3.14. The standard InChI is InChI=1S/C29H31N3O4/c1-35-25-14-24(15-26(16-25)36-2)27(33)31-12-9-29(10-13-31)17-22-7-3-4-8-23(22)20-32(28(29)34)19-21-6-5-11-30-18-21/h3-8,11,14-16,18H,9-10,12-13,17,19-20H2,1-2H3. The van der Waals surface area contributed by atoms with Crippen LogP contribution in [0, 0.1) is 5.41 Å². The summed E-state index contributed by atoms with van der Waals surface area (Å²) < 4.78 is 10.7. The van der Waals surface area contributed by atoms with Crippen molar-refractivity contribution in [1.82, 2.24) is 14.8 Å². The number of likely N-dealkylation sites (tertiary alicyclic amines) is 1. The minimum atomic E-state index is -0.530. The molecule has 2 amide bonds. The Morgan fingerprint density at radius 2 is 1.67 bits per heavy atom. The molecule has 36 heavy (non-hydrogen) atoms. The molecule has 0 unspecified atom stereocenters. The maximum absolute atomic E-state index is 14.1. The van der Waals surface area contributed by atoms with Gasteiger partial charge in [-0.15, -0.1) is 0 Å². The van der Waals surface area contributed by atoms with Crippen molar-refractivity contribution < 1.29 is 19.1 Å². The molecular weight excluding hydrogens is 454 g/mol. The number of nitrogens with zero attached hydrogens (tertiary/aromatic N) is 3. The average Bonchev–Trinajstić information content (AvgIpc) is 3.03. The summed E-state index contributed by atoms with van der Waals surface area (Å²) >= 11 is 0. The molecule has 2 aliphatic rings. The van der Waals surface area contributed by atoms with Gasteiger partial charge in [0.2, 0.25) is 5.91 Å². The Bertz CT molecular complexity index is 1230. The van der Waals surface area contributed by atoms with E-state index in [1.165, 1.54) is 11.1 Å². The Hall–Kier alpha value is -3.87. The van der Waals surface area contributed by atoms with E-state index in [-0.39, 0.29) is 11.8 Å². The molecular formula is C29H31N3O4. The lowest BCUT2D eigenvalue weighted by atomic mass is 9.72. The normalized spacial score (nSPS) is 16.9. The lowest BCUT2D eigenvalue weighted by Crippen LogP contribution is -2.51. The second-order valence-corrected chi connectivity index (χ2v) is 9.64. The van der Waals surface area contributed by atoms with E-state index in [2.05, 4.69) is 17.1 Å². The molecule has 7 nitrogen and oxygen atoms in total. The number of pyridine rings is 1. The summed E-state index contributed by atoms with van der Waals surface area (Å²) in [5, 5.41) is 0. The maximum atomic E-state index is 14.1. The third-order valence-corrected chi connectivity index (χ3v) is 7.45. The Morgan fingerprint density at radius 1 is 0.972 bits per heavy atom. The molecule has 1 spiro atoms. The summed E-state index contributed by atoms with van der Waals surface area (Å²) in [5.41, 5.74) is 3.42. The highest BCUT2D eigenvalue weighted by Gasteiger charge is 2.46. The van der Waals surface area contributed by atoms with Crippen LogP contribution < -0.4 is 9.47 Å². The lowest BCUT2D eigenvalue weighted by molar-refractivity contribution is -0.145. The van der Waals surface area contributed by atoms with E-state index in [1.54, 1.807) is 38.6 Å². The van der Waals surface area contributed by atoms with Crippen LogP contribution in [0.4, 0.5) is 0 Å². The van der Waals surface area contributed by atoms with E-state index in [0.29, 0.717) is 62.5 Å². The Labute approximate surface area is 211 Å². The number of aromatic nitrogens is 1. The van der Waals surface area contributed by atoms with Gasteiger partial charge in [0.1, 0.15) is 11.5 Å². The fourth-order valence-electron chi connectivity index (χ4n) is 5.42. The molecule has 5 rings (SSSR count). The zero-order chi connectivity index (χ0) is 25.1. The number of fused-ring (bicyclic) bond motifs is 1. The second kappa shape index (κ2) is 10.0. The number of carbonyl (C=O) groups is 2. The highest BCUT2D eigenvalue weighted by molar-refractivity contribution is 5.95. The van der Waals surface area contributed by atoms with Crippen LogP contribution in [0.15, 0.2) is 67.0 Å². The molecule has 7 heteroatoms. The Kier molecular flexibility index (Phi) is 6.63. The van der Waals surface area contributed by atoms with Gasteiger partial charge in [0.05, 0.1) is 19.6 Å². The van der Waals surface area contributed by atoms with Gasteiger partial charge in [-0.2, -0.15) is 0 Å². The molecule has 0 N–H and O–H groups in total. The molecule has 1 aromatic heterocycles. The number of hydrogen-bond donors (Lipinski definition) is 0. The smallest absolute Gasteiger partial charge is 0.254 e. The van der Waals surface area contributed by atoms with Gasteiger partial charge in [-0.3, -0.25) is 14.6 Å². The van der Waals surface area contributed by atoms with Gasteiger partial charge < -0.3 is 19.3 Å². The number of methoxy groups -OCH3 is 2. The number of hydrogen-bond acceptors (Lipinski definition) is 5. The van der Waals surface area contributed by atoms with Gasteiger partial charge in [0.25, 0.3) is 5.91 Å². The highest BCUT2D eigenvalue weighted by atomic mass is 16.5. The van der Waals surface area contributed by atoms with Gasteiger partial charge in [-0.25, -0.2) is 0 Å². The first-order valence-electron chi connectivity index (χ1n) is 12.3. The van der Waals surface area contributed by atoms with Crippen molar-refractivity contribution in [3.05, 3.63) is 89.2 Å². The number of rotatable bonds is 5. The molecule has 1 saturated heterocycles. The van der Waals surface area contributed by atoms with Crippen molar-refractivity contribution in [3.8, 4) is 11.5 Å². The zero-order valence-corrected chi connectivity index (χ0v) is 20.8. The SMILES string of the molecule is COc1cc(OC)cc(C(=O)N2CCC3(CC2)Cc2ccccc2CN(Cc2cccnc2)C3=O)c1. The first kappa shape index (κ1) is 23.9. The lowest BCUT2D eigenvalue weighted by Gasteiger charge is -2.42. The molecule has 0 bridgehead atoms. The number of carbonyl (C=O) groups excluding carboxylic acids is 2. The molecule has 186 valence electrons. The molecule has 2 aliphatic heterocycles. The van der Waals surface area contributed by atoms with E-state index >= 15 is 0 Å². The highest BCUT2D eigenvalue weighted by Crippen LogP contribution is 2.41.